The third kappa shape index (κ3) is 4.07. The van der Waals surface area contributed by atoms with E-state index < -0.39 is 0 Å². The molecule has 1 rings (SSSR count). The van der Waals surface area contributed by atoms with E-state index in [2.05, 4.69) is 53.8 Å². The van der Waals surface area contributed by atoms with Crippen molar-refractivity contribution in [3.05, 3.63) is 33.4 Å². The van der Waals surface area contributed by atoms with Gasteiger partial charge in [-0.2, -0.15) is 0 Å². The molecule has 2 N–H and O–H groups in total. The number of aliphatic hydroxyl groups is 1. The third-order valence-electron chi connectivity index (χ3n) is 4.64. The summed E-state index contributed by atoms with van der Waals surface area (Å²) in [6.45, 7) is 15.9. The zero-order valence-corrected chi connectivity index (χ0v) is 14.2. The van der Waals surface area contributed by atoms with Crippen LogP contribution in [0.15, 0.2) is 0 Å². The van der Waals surface area contributed by atoms with Gasteiger partial charge in [0.2, 0.25) is 0 Å². The topological polar surface area (TPSA) is 32.3 Å². The second kappa shape index (κ2) is 7.24. The van der Waals surface area contributed by atoms with Crippen LogP contribution in [-0.4, -0.2) is 23.8 Å². The molecule has 0 bridgehead atoms. The van der Waals surface area contributed by atoms with Gasteiger partial charge in [0, 0.05) is 12.6 Å². The van der Waals surface area contributed by atoms with Crippen LogP contribution in [0.3, 0.4) is 0 Å². The van der Waals surface area contributed by atoms with Crippen LogP contribution in [0.25, 0.3) is 0 Å². The molecule has 0 fully saturated rings. The highest BCUT2D eigenvalue weighted by molar-refractivity contribution is 5.49. The van der Waals surface area contributed by atoms with Crippen molar-refractivity contribution in [2.45, 2.75) is 73.5 Å². The van der Waals surface area contributed by atoms with Crippen LogP contribution in [0, 0.1) is 34.6 Å². The molecule has 0 heterocycles. The van der Waals surface area contributed by atoms with Gasteiger partial charge >= 0.3 is 0 Å². The molecular weight excluding hydrogens is 246 g/mol. The van der Waals surface area contributed by atoms with Crippen molar-refractivity contribution < 1.29 is 5.11 Å². The van der Waals surface area contributed by atoms with E-state index in [0.717, 1.165) is 12.8 Å². The third-order valence-corrected chi connectivity index (χ3v) is 4.64. The molecule has 1 atom stereocenters. The average molecular weight is 277 g/mol. The number of rotatable bonds is 6. The van der Waals surface area contributed by atoms with Gasteiger partial charge in [-0.05, 0) is 80.8 Å². The van der Waals surface area contributed by atoms with Crippen LogP contribution in [-0.2, 0) is 6.42 Å². The van der Waals surface area contributed by atoms with E-state index in [0.29, 0.717) is 12.6 Å². The smallest absolute Gasteiger partial charge is 0.0667 e. The molecule has 1 unspecified atom stereocenters. The highest BCUT2D eigenvalue weighted by atomic mass is 16.3. The summed E-state index contributed by atoms with van der Waals surface area (Å²) in [7, 11) is 0. The Morgan fingerprint density at radius 1 is 0.850 bits per heavy atom. The van der Waals surface area contributed by atoms with Gasteiger partial charge in [-0.1, -0.05) is 13.8 Å². The van der Waals surface area contributed by atoms with Crippen molar-refractivity contribution in [2.75, 3.05) is 6.54 Å². The summed E-state index contributed by atoms with van der Waals surface area (Å²) in [6, 6.07) is 0.428. The Hall–Kier alpha value is -0.860. The lowest BCUT2D eigenvalue weighted by Gasteiger charge is -2.20. The quantitative estimate of drug-likeness (QED) is 0.834. The maximum atomic E-state index is 10.1. The normalized spacial score (nSPS) is 13.1. The highest BCUT2D eigenvalue weighted by Gasteiger charge is 2.13. The molecule has 0 aliphatic heterocycles. The molecule has 0 amide bonds. The zero-order valence-electron chi connectivity index (χ0n) is 14.2. The minimum absolute atomic E-state index is 0.266. The number of hydrogen-bond acceptors (Lipinski definition) is 2. The molecule has 0 saturated heterocycles. The van der Waals surface area contributed by atoms with Gasteiger partial charge in [-0.15, -0.1) is 0 Å². The average Bonchev–Trinajstić information content (AvgIpc) is 2.40. The Morgan fingerprint density at radius 3 is 1.75 bits per heavy atom. The zero-order chi connectivity index (χ0) is 15.4. The standard InChI is InChI=1S/C18H31NO/c1-11(2)19-10-17(20)8-9-18-15(6)13(4)12(3)14(5)16(18)7/h11,17,19-20H,8-10H2,1-7H3. The molecule has 0 aliphatic carbocycles. The van der Waals surface area contributed by atoms with Gasteiger partial charge in [-0.25, -0.2) is 0 Å². The summed E-state index contributed by atoms with van der Waals surface area (Å²) in [5, 5.41) is 13.4. The molecule has 114 valence electrons. The summed E-state index contributed by atoms with van der Waals surface area (Å²) >= 11 is 0. The Kier molecular flexibility index (Phi) is 6.22. The Balaban J connectivity index is 2.78. The van der Waals surface area contributed by atoms with Crippen LogP contribution < -0.4 is 5.32 Å². The van der Waals surface area contributed by atoms with Crippen LogP contribution >= 0.6 is 0 Å². The number of hydrogen-bond donors (Lipinski definition) is 2. The van der Waals surface area contributed by atoms with E-state index in [4.69, 9.17) is 0 Å². The van der Waals surface area contributed by atoms with Crippen molar-refractivity contribution in [1.82, 2.24) is 5.32 Å². The van der Waals surface area contributed by atoms with Crippen LogP contribution in [0.2, 0.25) is 0 Å². The Labute approximate surface area is 124 Å². The van der Waals surface area contributed by atoms with Gasteiger partial charge in [-0.3, -0.25) is 0 Å². The fraction of sp³-hybridized carbons (Fsp3) is 0.667. The van der Waals surface area contributed by atoms with E-state index in [1.165, 1.54) is 33.4 Å². The lowest BCUT2D eigenvalue weighted by Crippen LogP contribution is -2.32. The van der Waals surface area contributed by atoms with Gasteiger partial charge < -0.3 is 10.4 Å². The minimum atomic E-state index is -0.266. The Bertz CT molecular complexity index is 434. The first-order chi connectivity index (χ1) is 9.25. The summed E-state index contributed by atoms with van der Waals surface area (Å²) in [5.74, 6) is 0. The molecule has 20 heavy (non-hydrogen) atoms. The number of aliphatic hydroxyl groups excluding tert-OH is 1. The highest BCUT2D eigenvalue weighted by Crippen LogP contribution is 2.27. The molecule has 0 saturated carbocycles. The van der Waals surface area contributed by atoms with Gasteiger partial charge in [0.25, 0.3) is 0 Å². The fourth-order valence-corrected chi connectivity index (χ4v) is 2.74. The lowest BCUT2D eigenvalue weighted by molar-refractivity contribution is 0.159. The summed E-state index contributed by atoms with van der Waals surface area (Å²) < 4.78 is 0. The SMILES string of the molecule is Cc1c(C)c(C)c(CCC(O)CNC(C)C)c(C)c1C. The monoisotopic (exact) mass is 277 g/mol. The molecule has 1 aromatic carbocycles. The van der Waals surface area contributed by atoms with Crippen molar-refractivity contribution >= 4 is 0 Å². The first-order valence-electron chi connectivity index (χ1n) is 7.73. The minimum Gasteiger partial charge on any atom is -0.392 e. The lowest BCUT2D eigenvalue weighted by atomic mass is 9.87. The van der Waals surface area contributed by atoms with Gasteiger partial charge in [0.15, 0.2) is 0 Å². The molecule has 1 aromatic rings. The first kappa shape index (κ1) is 17.2. The van der Waals surface area contributed by atoms with Crippen LogP contribution in [0.5, 0.6) is 0 Å². The number of nitrogens with one attached hydrogen (secondary N) is 1. The maximum absolute atomic E-state index is 10.1. The van der Waals surface area contributed by atoms with Gasteiger partial charge in [0.1, 0.15) is 0 Å². The van der Waals surface area contributed by atoms with E-state index in [-0.39, 0.29) is 6.10 Å². The number of benzene rings is 1. The van der Waals surface area contributed by atoms with Crippen LogP contribution in [0.4, 0.5) is 0 Å². The molecule has 0 aromatic heterocycles. The van der Waals surface area contributed by atoms with E-state index in [1.807, 2.05) is 0 Å². The van der Waals surface area contributed by atoms with Crippen molar-refractivity contribution in [3.63, 3.8) is 0 Å². The van der Waals surface area contributed by atoms with E-state index in [9.17, 15) is 5.11 Å². The first-order valence-corrected chi connectivity index (χ1v) is 7.73. The molecule has 2 nitrogen and oxygen atoms in total. The second-order valence-corrected chi connectivity index (χ2v) is 6.36. The molecule has 0 aliphatic rings. The van der Waals surface area contributed by atoms with Crippen molar-refractivity contribution in [3.8, 4) is 0 Å². The molecular formula is C18H31NO. The molecule has 0 radical (unpaired) electrons. The fourth-order valence-electron chi connectivity index (χ4n) is 2.74. The van der Waals surface area contributed by atoms with Gasteiger partial charge in [0.05, 0.1) is 6.10 Å². The summed E-state index contributed by atoms with van der Waals surface area (Å²) in [4.78, 5) is 0. The van der Waals surface area contributed by atoms with Crippen LogP contribution in [0.1, 0.15) is 53.6 Å². The van der Waals surface area contributed by atoms with Crippen molar-refractivity contribution in [1.29, 1.82) is 0 Å². The van der Waals surface area contributed by atoms with Crippen molar-refractivity contribution in [2.24, 2.45) is 0 Å². The Morgan fingerprint density at radius 2 is 1.30 bits per heavy atom. The van der Waals surface area contributed by atoms with E-state index >= 15 is 0 Å². The predicted molar refractivity (Wildman–Crippen MR) is 87.6 cm³/mol. The largest absolute Gasteiger partial charge is 0.392 e. The summed E-state index contributed by atoms with van der Waals surface area (Å²) in [5.41, 5.74) is 8.43. The summed E-state index contributed by atoms with van der Waals surface area (Å²) in [6.07, 6.45) is 1.52. The predicted octanol–water partition coefficient (Wildman–Crippen LogP) is 3.52. The molecule has 0 spiro atoms. The van der Waals surface area contributed by atoms with E-state index in [1.54, 1.807) is 0 Å². The molecule has 2 heteroatoms. The second-order valence-electron chi connectivity index (χ2n) is 6.36. The maximum Gasteiger partial charge on any atom is 0.0667 e.